The van der Waals surface area contributed by atoms with Crippen molar-refractivity contribution >= 4 is 34.9 Å². The average Bonchev–Trinajstić information content (AvgIpc) is 3.69. The largest absolute Gasteiger partial charge is 0.361 e. The Balaban J connectivity index is 1.22. The van der Waals surface area contributed by atoms with Crippen molar-refractivity contribution in [2.75, 3.05) is 0 Å². The molecule has 2 amide bonds. The summed E-state index contributed by atoms with van der Waals surface area (Å²) >= 11 is 5.83. The van der Waals surface area contributed by atoms with Gasteiger partial charge in [-0.1, -0.05) is 41.5 Å². The first-order chi connectivity index (χ1) is 19.3. The second-order valence-electron chi connectivity index (χ2n) is 9.64. The monoisotopic (exact) mass is 559 g/mol. The molecular weight excluding hydrogens is 537 g/mol. The summed E-state index contributed by atoms with van der Waals surface area (Å²) < 4.78 is 14.7. The first-order valence-corrected chi connectivity index (χ1v) is 12.9. The molecule has 2 N–H and O–H groups in total. The minimum absolute atomic E-state index is 0.00712. The van der Waals surface area contributed by atoms with Crippen LogP contribution in [-0.4, -0.2) is 37.1 Å². The van der Waals surface area contributed by atoms with Crippen LogP contribution in [-0.2, 0) is 17.8 Å². The number of halogens is 2. The van der Waals surface area contributed by atoms with E-state index < -0.39 is 17.6 Å². The molecular formula is C28H23ClFN7O3. The summed E-state index contributed by atoms with van der Waals surface area (Å²) in [5, 5.41) is 14.0. The van der Waals surface area contributed by atoms with E-state index >= 15 is 0 Å². The number of hydrogen-bond acceptors (Lipinski definition) is 7. The van der Waals surface area contributed by atoms with Crippen molar-refractivity contribution in [1.29, 1.82) is 0 Å². The predicted molar refractivity (Wildman–Crippen MR) is 144 cm³/mol. The van der Waals surface area contributed by atoms with Crippen LogP contribution in [0.2, 0.25) is 5.02 Å². The number of amides is 2. The third kappa shape index (κ3) is 4.68. The van der Waals surface area contributed by atoms with Gasteiger partial charge in [0.15, 0.2) is 0 Å². The van der Waals surface area contributed by atoms with Gasteiger partial charge in [-0.05, 0) is 54.2 Å². The van der Waals surface area contributed by atoms with E-state index in [0.29, 0.717) is 17.7 Å². The molecule has 10 nitrogen and oxygen atoms in total. The first-order valence-electron chi connectivity index (χ1n) is 12.6. The molecule has 12 heteroatoms. The van der Waals surface area contributed by atoms with Gasteiger partial charge in [0.25, 0.3) is 17.6 Å². The van der Waals surface area contributed by atoms with E-state index in [2.05, 4.69) is 44.4 Å². The zero-order valence-corrected chi connectivity index (χ0v) is 22.1. The molecule has 2 aromatic heterocycles. The van der Waals surface area contributed by atoms with Gasteiger partial charge in [0, 0.05) is 18.2 Å². The van der Waals surface area contributed by atoms with E-state index in [1.54, 1.807) is 0 Å². The summed E-state index contributed by atoms with van der Waals surface area (Å²) in [6, 6.07) is 9.34. The van der Waals surface area contributed by atoms with Crippen LogP contribution in [0.4, 0.5) is 4.39 Å². The van der Waals surface area contributed by atoms with Crippen molar-refractivity contribution in [3.05, 3.63) is 105 Å². The second-order valence-corrected chi connectivity index (χ2v) is 10.1. The molecule has 2 aromatic carbocycles. The molecule has 3 heterocycles. The third-order valence-electron chi connectivity index (χ3n) is 7.11. The molecule has 40 heavy (non-hydrogen) atoms. The summed E-state index contributed by atoms with van der Waals surface area (Å²) in [6.07, 6.45) is 3.36. The number of nitrogens with one attached hydrogen (secondary N) is 2. The van der Waals surface area contributed by atoms with Crippen molar-refractivity contribution in [2.45, 2.75) is 38.8 Å². The van der Waals surface area contributed by atoms with Crippen LogP contribution in [0, 0.1) is 12.7 Å². The molecule has 1 aliphatic heterocycles. The number of carbonyl (C=O) groups excluding carboxylic acids is 2. The quantitative estimate of drug-likeness (QED) is 0.365. The van der Waals surface area contributed by atoms with Crippen molar-refractivity contribution in [1.82, 2.24) is 30.2 Å². The molecule has 0 unspecified atom stereocenters. The Morgan fingerprint density at radius 2 is 2.08 bits per heavy atom. The summed E-state index contributed by atoms with van der Waals surface area (Å²) in [6.45, 7) is 5.97. The fraction of sp³-hybridized carbons (Fsp3) is 0.214. The van der Waals surface area contributed by atoms with Gasteiger partial charge in [-0.15, -0.1) is 0 Å². The summed E-state index contributed by atoms with van der Waals surface area (Å²) in [7, 11) is 0. The Hall–Kier alpha value is -4.64. The Kier molecular flexibility index (Phi) is 6.51. The molecule has 0 saturated heterocycles. The summed E-state index contributed by atoms with van der Waals surface area (Å²) in [5.74, 6) is -0.769. The summed E-state index contributed by atoms with van der Waals surface area (Å²) in [5.41, 5.74) is 5.89. The molecule has 0 saturated carbocycles. The normalized spacial score (nSPS) is 16.0. The number of benzene rings is 2. The van der Waals surface area contributed by atoms with Crippen molar-refractivity contribution in [2.24, 2.45) is 5.16 Å². The fourth-order valence-electron chi connectivity index (χ4n) is 5.10. The van der Waals surface area contributed by atoms with Crippen LogP contribution in [0.15, 0.2) is 60.2 Å². The number of fused-ring (bicyclic) bond motifs is 2. The van der Waals surface area contributed by atoms with Crippen LogP contribution < -0.4 is 10.6 Å². The number of rotatable bonds is 6. The molecule has 6 rings (SSSR count). The van der Waals surface area contributed by atoms with Crippen molar-refractivity contribution < 1.29 is 18.8 Å². The maximum atomic E-state index is 13.5. The topological polar surface area (TPSA) is 123 Å². The maximum Gasteiger partial charge on any atom is 0.270 e. The highest BCUT2D eigenvalue weighted by Crippen LogP contribution is 2.36. The molecule has 0 fully saturated rings. The van der Waals surface area contributed by atoms with E-state index in [4.69, 9.17) is 16.4 Å². The number of allylic oxidation sites excluding steroid dienone is 1. The Bertz CT molecular complexity index is 1750. The highest BCUT2D eigenvalue weighted by atomic mass is 35.5. The van der Waals surface area contributed by atoms with Gasteiger partial charge in [0.2, 0.25) is 0 Å². The molecule has 0 bridgehead atoms. The SMILES string of the molecule is C=C1CC(c2ccc3c(c2C)CC[C@@H]3NC(=O)c2cc(C(=O)NCc3ccc(F)c(Cl)c3)nc3ncnn23)=NO1. The lowest BCUT2D eigenvalue weighted by Gasteiger charge is -2.16. The molecule has 2 aliphatic rings. The highest BCUT2D eigenvalue weighted by Gasteiger charge is 2.29. The second kappa shape index (κ2) is 10.2. The fourth-order valence-corrected chi connectivity index (χ4v) is 5.31. The van der Waals surface area contributed by atoms with E-state index in [-0.39, 0.29) is 34.8 Å². The van der Waals surface area contributed by atoms with Crippen LogP contribution in [0.25, 0.3) is 5.78 Å². The van der Waals surface area contributed by atoms with Gasteiger partial charge in [0.1, 0.15) is 29.3 Å². The van der Waals surface area contributed by atoms with Gasteiger partial charge >= 0.3 is 0 Å². The van der Waals surface area contributed by atoms with E-state index in [0.717, 1.165) is 35.2 Å². The van der Waals surface area contributed by atoms with Gasteiger partial charge in [-0.2, -0.15) is 14.6 Å². The summed E-state index contributed by atoms with van der Waals surface area (Å²) in [4.78, 5) is 39.9. The number of oxime groups is 1. The van der Waals surface area contributed by atoms with Gasteiger partial charge in [0.05, 0.1) is 23.2 Å². The third-order valence-corrected chi connectivity index (χ3v) is 7.40. The minimum Gasteiger partial charge on any atom is -0.361 e. The lowest BCUT2D eigenvalue weighted by molar-refractivity contribution is 0.0929. The number of carbonyl (C=O) groups is 2. The number of nitrogens with zero attached hydrogens (tertiary/aromatic N) is 5. The Morgan fingerprint density at radius 3 is 2.85 bits per heavy atom. The molecule has 202 valence electrons. The van der Waals surface area contributed by atoms with Crippen molar-refractivity contribution in [3.8, 4) is 0 Å². The number of hydrogen-bond donors (Lipinski definition) is 2. The van der Waals surface area contributed by atoms with Gasteiger partial charge in [-0.3, -0.25) is 9.59 Å². The number of aromatic nitrogens is 4. The average molecular weight is 560 g/mol. The standard InChI is InChI=1S/C28H23ClFN7O3/c1-14-9-23(36-40-14)18-4-5-19-17(15(18)2)6-8-22(19)34-27(39)25-11-24(35-28-32-13-33-37(25)28)26(38)31-12-16-3-7-21(30)20(29)10-16/h3-5,7,10-11,13,22H,1,6,8-9,12H2,2H3,(H,31,38)(H,34,39)/t22-/m0/s1. The Morgan fingerprint density at radius 1 is 1.23 bits per heavy atom. The highest BCUT2D eigenvalue weighted by molar-refractivity contribution is 6.30. The zero-order chi connectivity index (χ0) is 28.0. The first kappa shape index (κ1) is 25.6. The molecule has 4 aromatic rings. The van der Waals surface area contributed by atoms with E-state index in [9.17, 15) is 14.0 Å². The van der Waals surface area contributed by atoms with Crippen LogP contribution in [0.5, 0.6) is 0 Å². The van der Waals surface area contributed by atoms with Gasteiger partial charge in [-0.25, -0.2) is 9.37 Å². The van der Waals surface area contributed by atoms with Crippen molar-refractivity contribution in [3.63, 3.8) is 0 Å². The smallest absolute Gasteiger partial charge is 0.270 e. The molecule has 1 aliphatic carbocycles. The van der Waals surface area contributed by atoms with Gasteiger partial charge < -0.3 is 15.5 Å². The van der Waals surface area contributed by atoms with Crippen LogP contribution in [0.1, 0.15) is 67.7 Å². The predicted octanol–water partition coefficient (Wildman–Crippen LogP) is 4.21. The van der Waals surface area contributed by atoms with E-state index in [1.807, 2.05) is 12.1 Å². The van der Waals surface area contributed by atoms with Crippen LogP contribution in [0.3, 0.4) is 0 Å². The van der Waals surface area contributed by atoms with E-state index in [1.165, 1.54) is 40.7 Å². The zero-order valence-electron chi connectivity index (χ0n) is 21.4. The molecule has 0 radical (unpaired) electrons. The van der Waals surface area contributed by atoms with Crippen LogP contribution >= 0.6 is 11.6 Å². The Labute approximate surface area is 232 Å². The lowest BCUT2D eigenvalue weighted by Crippen LogP contribution is -2.30. The lowest BCUT2D eigenvalue weighted by atomic mass is 9.94. The molecule has 1 atom stereocenters. The maximum absolute atomic E-state index is 13.5. The minimum atomic E-state index is -0.545. The molecule has 0 spiro atoms.